The molecule has 30 heavy (non-hydrogen) atoms. The Balaban J connectivity index is 2.59. The van der Waals surface area contributed by atoms with Crippen molar-refractivity contribution in [1.29, 1.82) is 0 Å². The molecule has 0 amide bonds. The van der Waals surface area contributed by atoms with Crippen LogP contribution in [0.4, 0.5) is 0 Å². The molecule has 0 N–H and O–H groups in total. The first-order valence-electron chi connectivity index (χ1n) is 11.1. The summed E-state index contributed by atoms with van der Waals surface area (Å²) in [5.74, 6) is 0.183. The molecule has 0 aliphatic heterocycles. The third-order valence-electron chi connectivity index (χ3n) is 4.82. The van der Waals surface area contributed by atoms with Gasteiger partial charge in [-0.05, 0) is 36.8 Å². The standard InChI is InChI=1S/C24H36Cl2O4/c1-17(2)11-7-5-9-13-29-23(27)19-15-21(25)22(26)16-20(19)24(28)30-14-10-6-8-12-18(3)4/h15-18H,5-14H2,1-4H3. The van der Waals surface area contributed by atoms with Gasteiger partial charge in [-0.15, -0.1) is 0 Å². The smallest absolute Gasteiger partial charge is 0.339 e. The Kier molecular flexibility index (Phi) is 13.1. The number of hydrogen-bond donors (Lipinski definition) is 0. The van der Waals surface area contributed by atoms with Crippen molar-refractivity contribution >= 4 is 35.1 Å². The van der Waals surface area contributed by atoms with Crippen LogP contribution in [0.25, 0.3) is 0 Å². The maximum atomic E-state index is 12.5. The molecule has 0 aromatic heterocycles. The van der Waals surface area contributed by atoms with Crippen LogP contribution in [0.5, 0.6) is 0 Å². The third-order valence-corrected chi connectivity index (χ3v) is 5.54. The first-order valence-corrected chi connectivity index (χ1v) is 11.8. The van der Waals surface area contributed by atoms with E-state index in [2.05, 4.69) is 27.7 Å². The highest BCUT2D eigenvalue weighted by Crippen LogP contribution is 2.27. The summed E-state index contributed by atoms with van der Waals surface area (Å²) in [6.07, 6.45) is 8.11. The number of rotatable bonds is 14. The molecule has 4 nitrogen and oxygen atoms in total. The Morgan fingerprint density at radius 1 is 0.700 bits per heavy atom. The Hall–Kier alpha value is -1.26. The molecule has 0 aliphatic rings. The highest BCUT2D eigenvalue weighted by atomic mass is 35.5. The molecule has 0 atom stereocenters. The summed E-state index contributed by atoms with van der Waals surface area (Å²) >= 11 is 12.1. The number of ether oxygens (including phenoxy) is 2. The number of esters is 2. The van der Waals surface area contributed by atoms with Gasteiger partial charge in [0.15, 0.2) is 0 Å². The summed E-state index contributed by atoms with van der Waals surface area (Å²) in [5.41, 5.74) is 0.188. The first kappa shape index (κ1) is 26.8. The van der Waals surface area contributed by atoms with E-state index in [1.807, 2.05) is 0 Å². The van der Waals surface area contributed by atoms with Crippen LogP contribution in [0.3, 0.4) is 0 Å². The number of carbonyl (C=O) groups is 2. The van der Waals surface area contributed by atoms with Crippen molar-refractivity contribution in [3.05, 3.63) is 33.3 Å². The Morgan fingerprint density at radius 2 is 1.07 bits per heavy atom. The topological polar surface area (TPSA) is 52.6 Å². The lowest BCUT2D eigenvalue weighted by molar-refractivity contribution is 0.0450. The van der Waals surface area contributed by atoms with E-state index in [4.69, 9.17) is 32.7 Å². The van der Waals surface area contributed by atoms with Crippen molar-refractivity contribution in [3.63, 3.8) is 0 Å². The fourth-order valence-corrected chi connectivity index (χ4v) is 3.36. The van der Waals surface area contributed by atoms with E-state index < -0.39 is 11.9 Å². The molecule has 0 aliphatic carbocycles. The normalized spacial score (nSPS) is 11.2. The maximum absolute atomic E-state index is 12.5. The molecule has 0 fully saturated rings. The van der Waals surface area contributed by atoms with E-state index >= 15 is 0 Å². The summed E-state index contributed by atoms with van der Waals surface area (Å²) in [7, 11) is 0. The minimum atomic E-state index is -0.582. The third kappa shape index (κ3) is 10.7. The van der Waals surface area contributed by atoms with Gasteiger partial charge in [-0.2, -0.15) is 0 Å². The molecule has 0 bridgehead atoms. The van der Waals surface area contributed by atoms with Crippen LogP contribution in [-0.2, 0) is 9.47 Å². The van der Waals surface area contributed by atoms with Crippen molar-refractivity contribution in [2.24, 2.45) is 11.8 Å². The lowest BCUT2D eigenvalue weighted by Crippen LogP contribution is -2.15. The molecule has 0 saturated heterocycles. The molecule has 6 heteroatoms. The molecule has 0 spiro atoms. The fourth-order valence-electron chi connectivity index (χ4n) is 3.03. The predicted molar refractivity (Wildman–Crippen MR) is 124 cm³/mol. The number of halogens is 2. The van der Waals surface area contributed by atoms with Gasteiger partial charge in [-0.25, -0.2) is 9.59 Å². The largest absolute Gasteiger partial charge is 0.462 e. The fraction of sp³-hybridized carbons (Fsp3) is 0.667. The molecule has 0 radical (unpaired) electrons. The van der Waals surface area contributed by atoms with E-state index in [0.717, 1.165) is 51.4 Å². The van der Waals surface area contributed by atoms with E-state index in [9.17, 15) is 9.59 Å². The second-order valence-electron chi connectivity index (χ2n) is 8.57. The highest BCUT2D eigenvalue weighted by molar-refractivity contribution is 6.42. The molecular formula is C24H36Cl2O4. The highest BCUT2D eigenvalue weighted by Gasteiger charge is 2.22. The van der Waals surface area contributed by atoms with Crippen molar-refractivity contribution in [2.45, 2.75) is 79.1 Å². The van der Waals surface area contributed by atoms with Gasteiger partial charge in [-0.1, -0.05) is 89.4 Å². The monoisotopic (exact) mass is 458 g/mol. The van der Waals surface area contributed by atoms with Crippen molar-refractivity contribution < 1.29 is 19.1 Å². The van der Waals surface area contributed by atoms with Gasteiger partial charge in [0.05, 0.1) is 34.4 Å². The van der Waals surface area contributed by atoms with Gasteiger partial charge in [0.2, 0.25) is 0 Å². The molecule has 0 unspecified atom stereocenters. The van der Waals surface area contributed by atoms with Gasteiger partial charge in [-0.3, -0.25) is 0 Å². The van der Waals surface area contributed by atoms with Gasteiger partial charge in [0, 0.05) is 0 Å². The number of hydrogen-bond acceptors (Lipinski definition) is 4. The van der Waals surface area contributed by atoms with Crippen LogP contribution >= 0.6 is 23.2 Å². The maximum Gasteiger partial charge on any atom is 0.339 e. The molecule has 1 aromatic rings. The summed E-state index contributed by atoms with van der Waals surface area (Å²) in [4.78, 5) is 25.0. The molecule has 1 rings (SSSR count). The lowest BCUT2D eigenvalue weighted by Gasteiger charge is -2.12. The number of unbranched alkanes of at least 4 members (excludes halogenated alkanes) is 4. The Bertz CT molecular complexity index is 614. The Morgan fingerprint density at radius 3 is 1.40 bits per heavy atom. The first-order chi connectivity index (χ1) is 14.2. The van der Waals surface area contributed by atoms with Gasteiger partial charge < -0.3 is 9.47 Å². The molecule has 0 heterocycles. The van der Waals surface area contributed by atoms with Gasteiger partial charge >= 0.3 is 11.9 Å². The summed E-state index contributed by atoms with van der Waals surface area (Å²) in [6, 6.07) is 2.76. The Labute approximate surface area is 191 Å². The van der Waals surface area contributed by atoms with E-state index in [1.54, 1.807) is 0 Å². The second kappa shape index (κ2) is 14.7. The molecular weight excluding hydrogens is 423 g/mol. The minimum absolute atomic E-state index is 0.0939. The molecule has 170 valence electrons. The quantitative estimate of drug-likeness (QED) is 0.211. The van der Waals surface area contributed by atoms with Crippen LogP contribution in [-0.4, -0.2) is 25.2 Å². The zero-order valence-corrected chi connectivity index (χ0v) is 20.3. The number of carbonyl (C=O) groups excluding carboxylic acids is 2. The van der Waals surface area contributed by atoms with Crippen molar-refractivity contribution in [2.75, 3.05) is 13.2 Å². The lowest BCUT2D eigenvalue weighted by atomic mass is 10.1. The van der Waals surface area contributed by atoms with Crippen LogP contribution in [0, 0.1) is 11.8 Å². The zero-order chi connectivity index (χ0) is 22.5. The van der Waals surface area contributed by atoms with Crippen molar-refractivity contribution in [3.8, 4) is 0 Å². The van der Waals surface area contributed by atoms with Crippen LogP contribution in [0.15, 0.2) is 12.1 Å². The van der Waals surface area contributed by atoms with Crippen LogP contribution in [0.2, 0.25) is 10.0 Å². The number of benzene rings is 1. The molecule has 1 aromatic carbocycles. The van der Waals surface area contributed by atoms with E-state index in [-0.39, 0.29) is 21.2 Å². The van der Waals surface area contributed by atoms with E-state index in [1.165, 1.54) is 12.1 Å². The SMILES string of the molecule is CC(C)CCCCCOC(=O)c1cc(Cl)c(Cl)cc1C(=O)OCCCCCC(C)C. The second-order valence-corrected chi connectivity index (χ2v) is 9.38. The summed E-state index contributed by atoms with van der Waals surface area (Å²) in [6.45, 7) is 9.38. The van der Waals surface area contributed by atoms with Crippen LogP contribution < -0.4 is 0 Å². The van der Waals surface area contributed by atoms with Crippen LogP contribution in [0.1, 0.15) is 99.8 Å². The van der Waals surface area contributed by atoms with Gasteiger partial charge in [0.25, 0.3) is 0 Å². The average Bonchev–Trinajstić information content (AvgIpc) is 2.68. The summed E-state index contributed by atoms with van der Waals surface area (Å²) in [5, 5.41) is 0.400. The molecule has 0 saturated carbocycles. The van der Waals surface area contributed by atoms with E-state index in [0.29, 0.717) is 25.0 Å². The van der Waals surface area contributed by atoms with Gasteiger partial charge in [0.1, 0.15) is 0 Å². The van der Waals surface area contributed by atoms with Crippen molar-refractivity contribution in [1.82, 2.24) is 0 Å². The predicted octanol–water partition coefficient (Wildman–Crippen LogP) is 7.74. The zero-order valence-electron chi connectivity index (χ0n) is 18.8. The minimum Gasteiger partial charge on any atom is -0.462 e. The summed E-state index contributed by atoms with van der Waals surface area (Å²) < 4.78 is 10.7. The average molecular weight is 459 g/mol.